The number of carboxylic acids is 2. The number of amides is 2. The lowest BCUT2D eigenvalue weighted by Crippen LogP contribution is -2.53. The number of carbonyl (C=O) groups is 4. The van der Waals surface area contributed by atoms with Crippen LogP contribution in [0.2, 0.25) is 0 Å². The molecule has 0 saturated heterocycles. The van der Waals surface area contributed by atoms with Gasteiger partial charge < -0.3 is 25.8 Å². The number of hydrogen-bond acceptors (Lipinski definition) is 5. The van der Waals surface area contributed by atoms with Crippen LogP contribution in [-0.4, -0.2) is 56.3 Å². The zero-order valence-corrected chi connectivity index (χ0v) is 19.7. The second-order valence-corrected chi connectivity index (χ2v) is 8.79. The van der Waals surface area contributed by atoms with E-state index in [1.54, 1.807) is 6.20 Å². The number of para-hydroxylation sites is 1. The molecule has 5 N–H and O–H groups in total. The van der Waals surface area contributed by atoms with E-state index in [-0.39, 0.29) is 19.3 Å². The molecule has 184 valence electrons. The highest BCUT2D eigenvalue weighted by atomic mass is 32.1. The number of nitrogens with one attached hydrogen (secondary N) is 3. The molecular formula is C25H27N3O6S. The normalized spacial score (nSPS) is 13.5. The average Bonchev–Trinajstić information content (AvgIpc) is 3.24. The van der Waals surface area contributed by atoms with E-state index in [1.807, 2.05) is 54.6 Å². The van der Waals surface area contributed by atoms with Crippen molar-refractivity contribution in [3.63, 3.8) is 0 Å². The van der Waals surface area contributed by atoms with Crippen molar-refractivity contribution in [2.45, 2.75) is 43.0 Å². The number of aromatic nitrogens is 1. The smallest absolute Gasteiger partial charge is 0.326 e. The summed E-state index contributed by atoms with van der Waals surface area (Å²) in [7, 11) is 0. The van der Waals surface area contributed by atoms with Crippen LogP contribution in [-0.2, 0) is 32.0 Å². The maximum absolute atomic E-state index is 13.0. The molecule has 3 atom stereocenters. The van der Waals surface area contributed by atoms with Gasteiger partial charge in [-0.2, -0.15) is 12.6 Å². The van der Waals surface area contributed by atoms with Gasteiger partial charge in [-0.05, 0) is 30.0 Å². The van der Waals surface area contributed by atoms with E-state index < -0.39 is 41.1 Å². The molecule has 0 unspecified atom stereocenters. The van der Waals surface area contributed by atoms with Crippen molar-refractivity contribution in [2.75, 3.05) is 0 Å². The summed E-state index contributed by atoms with van der Waals surface area (Å²) in [4.78, 5) is 51.7. The zero-order valence-electron chi connectivity index (χ0n) is 18.8. The topological polar surface area (TPSA) is 149 Å². The van der Waals surface area contributed by atoms with E-state index in [4.69, 9.17) is 5.11 Å². The summed E-state index contributed by atoms with van der Waals surface area (Å²) in [5.41, 5.74) is 2.42. The minimum absolute atomic E-state index is 0.00782. The molecule has 2 aromatic carbocycles. The number of fused-ring (bicyclic) bond motifs is 1. The minimum atomic E-state index is -1.28. The first-order chi connectivity index (χ1) is 16.7. The molecule has 3 aromatic rings. The first-order valence-electron chi connectivity index (χ1n) is 11.1. The maximum Gasteiger partial charge on any atom is 0.326 e. The molecule has 35 heavy (non-hydrogen) atoms. The van der Waals surface area contributed by atoms with Gasteiger partial charge in [0.15, 0.2) is 0 Å². The Morgan fingerprint density at radius 1 is 0.857 bits per heavy atom. The lowest BCUT2D eigenvalue weighted by molar-refractivity contribution is -0.142. The van der Waals surface area contributed by atoms with E-state index >= 15 is 0 Å². The summed E-state index contributed by atoms with van der Waals surface area (Å²) in [6.07, 6.45) is 1.42. The third kappa shape index (κ3) is 7.35. The fraction of sp³-hybridized carbons (Fsp3) is 0.280. The molecule has 0 aliphatic heterocycles. The van der Waals surface area contributed by atoms with Crippen molar-refractivity contribution in [3.05, 3.63) is 71.9 Å². The lowest BCUT2D eigenvalue weighted by atomic mass is 10.0. The Labute approximate surface area is 207 Å². The molecule has 0 saturated carbocycles. The fourth-order valence-corrected chi connectivity index (χ4v) is 4.01. The summed E-state index contributed by atoms with van der Waals surface area (Å²) in [5.74, 6) is -3.71. The van der Waals surface area contributed by atoms with Crippen LogP contribution in [0.25, 0.3) is 10.9 Å². The zero-order chi connectivity index (χ0) is 25.4. The Bertz CT molecular complexity index is 1200. The predicted octanol–water partition coefficient (Wildman–Crippen LogP) is 2.17. The monoisotopic (exact) mass is 497 g/mol. The molecule has 0 radical (unpaired) electrons. The molecular weight excluding hydrogens is 470 g/mol. The highest BCUT2D eigenvalue weighted by Gasteiger charge is 2.29. The standard InChI is InChI=1S/C25H27N3O6S/c29-22(30)11-10-19(27-24(32)21(35)12-15-6-2-1-3-7-15)23(31)28-20(25(33)34)13-16-14-26-18-9-5-4-8-17(16)18/h1-9,14,19-21,26,35H,10-13H2,(H,27,32)(H,28,31)(H,29,30)(H,33,34)/t19-,20-,21-/m0/s1. The van der Waals surface area contributed by atoms with E-state index in [9.17, 15) is 24.3 Å². The molecule has 0 aliphatic carbocycles. The largest absolute Gasteiger partial charge is 0.481 e. The van der Waals surface area contributed by atoms with Crippen molar-refractivity contribution in [1.29, 1.82) is 0 Å². The Morgan fingerprint density at radius 2 is 1.51 bits per heavy atom. The Hall–Kier alpha value is -3.79. The highest BCUT2D eigenvalue weighted by Crippen LogP contribution is 2.19. The van der Waals surface area contributed by atoms with Gasteiger partial charge in [-0.25, -0.2) is 4.79 Å². The number of rotatable bonds is 12. The van der Waals surface area contributed by atoms with Crippen LogP contribution in [0.3, 0.4) is 0 Å². The molecule has 0 bridgehead atoms. The molecule has 0 aliphatic rings. The van der Waals surface area contributed by atoms with Crippen molar-refractivity contribution in [1.82, 2.24) is 15.6 Å². The Morgan fingerprint density at radius 3 is 2.20 bits per heavy atom. The number of carboxylic acid groups (broad SMARTS) is 2. The second kappa shape index (κ2) is 12.1. The van der Waals surface area contributed by atoms with Gasteiger partial charge in [0, 0.05) is 29.9 Å². The number of carbonyl (C=O) groups excluding carboxylic acids is 2. The predicted molar refractivity (Wildman–Crippen MR) is 133 cm³/mol. The number of aliphatic carboxylic acids is 2. The first-order valence-corrected chi connectivity index (χ1v) is 11.6. The Kier molecular flexibility index (Phi) is 8.91. The van der Waals surface area contributed by atoms with Gasteiger partial charge in [-0.15, -0.1) is 0 Å². The summed E-state index contributed by atoms with van der Waals surface area (Å²) < 4.78 is 0. The first kappa shape index (κ1) is 25.8. The average molecular weight is 498 g/mol. The van der Waals surface area contributed by atoms with Gasteiger partial charge in [0.2, 0.25) is 11.8 Å². The van der Waals surface area contributed by atoms with Crippen molar-refractivity contribution in [2.24, 2.45) is 0 Å². The third-order valence-electron chi connectivity index (χ3n) is 5.57. The number of aromatic amines is 1. The summed E-state index contributed by atoms with van der Waals surface area (Å²) >= 11 is 4.33. The van der Waals surface area contributed by atoms with Crippen LogP contribution < -0.4 is 10.6 Å². The van der Waals surface area contributed by atoms with Crippen LogP contribution in [0, 0.1) is 0 Å². The highest BCUT2D eigenvalue weighted by molar-refractivity contribution is 7.81. The second-order valence-electron chi connectivity index (χ2n) is 8.16. The van der Waals surface area contributed by atoms with E-state index in [2.05, 4.69) is 28.2 Å². The number of benzene rings is 2. The Balaban J connectivity index is 1.69. The van der Waals surface area contributed by atoms with Gasteiger partial charge in [0.05, 0.1) is 5.25 Å². The lowest BCUT2D eigenvalue weighted by Gasteiger charge is -2.22. The van der Waals surface area contributed by atoms with Crippen LogP contribution in [0.4, 0.5) is 0 Å². The third-order valence-corrected chi connectivity index (χ3v) is 5.99. The molecule has 0 fully saturated rings. The molecule has 1 heterocycles. The van der Waals surface area contributed by atoms with E-state index in [0.717, 1.165) is 16.5 Å². The summed E-state index contributed by atoms with van der Waals surface area (Å²) in [6, 6.07) is 14.1. The van der Waals surface area contributed by atoms with Gasteiger partial charge in [-0.3, -0.25) is 14.4 Å². The van der Waals surface area contributed by atoms with Crippen molar-refractivity contribution in [3.8, 4) is 0 Å². The number of hydrogen-bond donors (Lipinski definition) is 6. The summed E-state index contributed by atoms with van der Waals surface area (Å²) in [6.45, 7) is 0. The SMILES string of the molecule is O=C(O)CC[C@H](NC(=O)[C@@H](S)Cc1ccccc1)C(=O)N[C@@H](Cc1c[nH]c2ccccc12)C(=O)O. The van der Waals surface area contributed by atoms with Crippen molar-refractivity contribution < 1.29 is 29.4 Å². The van der Waals surface area contributed by atoms with Crippen molar-refractivity contribution >= 4 is 47.3 Å². The van der Waals surface area contributed by atoms with Crippen LogP contribution >= 0.6 is 12.6 Å². The number of H-pyrrole nitrogens is 1. The molecule has 0 spiro atoms. The van der Waals surface area contributed by atoms with Gasteiger partial charge in [0.25, 0.3) is 0 Å². The molecule has 10 heteroatoms. The van der Waals surface area contributed by atoms with Gasteiger partial charge >= 0.3 is 11.9 Å². The molecule has 3 rings (SSSR count). The van der Waals surface area contributed by atoms with Gasteiger partial charge in [0.1, 0.15) is 12.1 Å². The number of thiol groups is 1. The van der Waals surface area contributed by atoms with Gasteiger partial charge in [-0.1, -0.05) is 48.5 Å². The van der Waals surface area contributed by atoms with Crippen LogP contribution in [0.1, 0.15) is 24.0 Å². The minimum Gasteiger partial charge on any atom is -0.481 e. The quantitative estimate of drug-likeness (QED) is 0.211. The fourth-order valence-electron chi connectivity index (χ4n) is 3.73. The molecule has 9 nitrogen and oxygen atoms in total. The maximum atomic E-state index is 13.0. The summed E-state index contributed by atoms with van der Waals surface area (Å²) in [5, 5.41) is 23.8. The van der Waals surface area contributed by atoms with Crippen LogP contribution in [0.5, 0.6) is 0 Å². The molecule has 1 aromatic heterocycles. The molecule has 2 amide bonds. The van der Waals surface area contributed by atoms with E-state index in [0.29, 0.717) is 12.0 Å². The van der Waals surface area contributed by atoms with E-state index in [1.165, 1.54) is 0 Å². The van der Waals surface area contributed by atoms with Crippen LogP contribution in [0.15, 0.2) is 60.8 Å².